The molecule has 25 heavy (non-hydrogen) atoms. The average Bonchev–Trinajstić information content (AvgIpc) is 2.62. The van der Waals surface area contributed by atoms with E-state index in [4.69, 9.17) is 21.4 Å². The number of morpholine rings is 1. The molecule has 1 N–H and O–H groups in total. The van der Waals surface area contributed by atoms with E-state index in [1.165, 1.54) is 28.6 Å². The molecule has 0 aromatic heterocycles. The summed E-state index contributed by atoms with van der Waals surface area (Å²) in [5.41, 5.74) is 0.729. The van der Waals surface area contributed by atoms with Crippen molar-refractivity contribution in [2.75, 3.05) is 19.7 Å². The summed E-state index contributed by atoms with van der Waals surface area (Å²) in [4.78, 5) is 11.0. The van der Waals surface area contributed by atoms with Crippen LogP contribution in [0.5, 0.6) is 0 Å². The Morgan fingerprint density at radius 1 is 1.20 bits per heavy atom. The van der Waals surface area contributed by atoms with Crippen molar-refractivity contribution in [3.05, 3.63) is 64.7 Å². The summed E-state index contributed by atoms with van der Waals surface area (Å²) in [5, 5.41) is 9.61. The Balaban J connectivity index is 1.87. The number of halogens is 1. The summed E-state index contributed by atoms with van der Waals surface area (Å²) in [6, 6.07) is 12.4. The minimum absolute atomic E-state index is 0.0425. The lowest BCUT2D eigenvalue weighted by Gasteiger charge is -2.32. The second kappa shape index (κ2) is 7.13. The maximum absolute atomic E-state index is 12.9. The third-order valence-corrected chi connectivity index (χ3v) is 6.06. The van der Waals surface area contributed by atoms with Gasteiger partial charge in [0.15, 0.2) is 0 Å². The van der Waals surface area contributed by atoms with Gasteiger partial charge in [0.1, 0.15) is 0 Å². The minimum atomic E-state index is -3.81. The number of aromatic carboxylic acids is 1. The quantitative estimate of drug-likeness (QED) is 0.880. The second-order valence-corrected chi connectivity index (χ2v) is 7.98. The Morgan fingerprint density at radius 2 is 1.96 bits per heavy atom. The SMILES string of the molecule is O=C(O)c1cccc(S(=O)(=O)N2CCOC(c3cccc(Cl)c3)C2)c1. The minimum Gasteiger partial charge on any atom is -0.478 e. The molecule has 6 nitrogen and oxygen atoms in total. The summed E-state index contributed by atoms with van der Waals surface area (Å²) in [6.45, 7) is 0.589. The fourth-order valence-electron chi connectivity index (χ4n) is 2.69. The number of carboxylic acid groups (broad SMARTS) is 1. The molecule has 132 valence electrons. The van der Waals surface area contributed by atoms with E-state index in [1.807, 2.05) is 6.07 Å². The third kappa shape index (κ3) is 3.85. The van der Waals surface area contributed by atoms with E-state index in [9.17, 15) is 13.2 Å². The molecule has 1 atom stereocenters. The molecule has 0 amide bonds. The number of hydrogen-bond donors (Lipinski definition) is 1. The first-order chi connectivity index (χ1) is 11.9. The molecule has 2 aromatic rings. The molecule has 2 aromatic carbocycles. The molecular weight excluding hydrogens is 366 g/mol. The first-order valence-electron chi connectivity index (χ1n) is 7.58. The molecule has 0 radical (unpaired) electrons. The molecule has 1 aliphatic rings. The highest BCUT2D eigenvalue weighted by atomic mass is 35.5. The van der Waals surface area contributed by atoms with Crippen LogP contribution in [-0.4, -0.2) is 43.5 Å². The normalized spacial score (nSPS) is 18.8. The van der Waals surface area contributed by atoms with Crippen LogP contribution < -0.4 is 0 Å². The van der Waals surface area contributed by atoms with Gasteiger partial charge in [0, 0.05) is 18.1 Å². The van der Waals surface area contributed by atoms with Crippen LogP contribution >= 0.6 is 11.6 Å². The smallest absolute Gasteiger partial charge is 0.335 e. The molecule has 1 aliphatic heterocycles. The van der Waals surface area contributed by atoms with Gasteiger partial charge in [-0.05, 0) is 35.9 Å². The second-order valence-electron chi connectivity index (χ2n) is 5.61. The highest BCUT2D eigenvalue weighted by molar-refractivity contribution is 7.89. The Morgan fingerprint density at radius 3 is 2.68 bits per heavy atom. The van der Waals surface area contributed by atoms with E-state index in [0.29, 0.717) is 5.02 Å². The van der Waals surface area contributed by atoms with Crippen LogP contribution in [0.3, 0.4) is 0 Å². The summed E-state index contributed by atoms with van der Waals surface area (Å²) in [6.07, 6.45) is -0.426. The van der Waals surface area contributed by atoms with Crippen molar-refractivity contribution in [2.24, 2.45) is 0 Å². The summed E-state index contributed by atoms with van der Waals surface area (Å²) in [5.74, 6) is -1.17. The van der Waals surface area contributed by atoms with Crippen molar-refractivity contribution in [3.8, 4) is 0 Å². The molecule has 1 saturated heterocycles. The van der Waals surface area contributed by atoms with Gasteiger partial charge in [-0.25, -0.2) is 13.2 Å². The largest absolute Gasteiger partial charge is 0.478 e. The number of sulfonamides is 1. The molecule has 1 fully saturated rings. The van der Waals surface area contributed by atoms with Gasteiger partial charge in [0.25, 0.3) is 0 Å². The van der Waals surface area contributed by atoms with Gasteiger partial charge in [-0.3, -0.25) is 0 Å². The van der Waals surface area contributed by atoms with Crippen molar-refractivity contribution in [2.45, 2.75) is 11.0 Å². The summed E-state index contributed by atoms with van der Waals surface area (Å²) in [7, 11) is -3.81. The van der Waals surface area contributed by atoms with E-state index in [2.05, 4.69) is 0 Å². The first kappa shape index (κ1) is 17.9. The third-order valence-electron chi connectivity index (χ3n) is 3.97. The number of carbonyl (C=O) groups is 1. The van der Waals surface area contributed by atoms with Crippen molar-refractivity contribution in [1.29, 1.82) is 0 Å². The predicted molar refractivity (Wildman–Crippen MR) is 92.3 cm³/mol. The van der Waals surface area contributed by atoms with Gasteiger partial charge < -0.3 is 9.84 Å². The van der Waals surface area contributed by atoms with E-state index in [1.54, 1.807) is 18.2 Å². The zero-order valence-corrected chi connectivity index (χ0v) is 14.7. The highest BCUT2D eigenvalue weighted by Crippen LogP contribution is 2.28. The number of hydrogen-bond acceptors (Lipinski definition) is 4. The standard InChI is InChI=1S/C17H16ClNO5S/c18-14-5-1-3-12(9-14)16-11-19(7-8-24-16)25(22,23)15-6-2-4-13(10-15)17(20)21/h1-6,9-10,16H,7-8,11H2,(H,20,21). The number of nitrogens with zero attached hydrogens (tertiary/aromatic N) is 1. The van der Waals surface area contributed by atoms with Crippen molar-refractivity contribution < 1.29 is 23.1 Å². The van der Waals surface area contributed by atoms with Crippen molar-refractivity contribution >= 4 is 27.6 Å². The molecular formula is C17H16ClNO5S. The number of ether oxygens (including phenoxy) is 1. The number of benzene rings is 2. The van der Waals surface area contributed by atoms with Gasteiger partial charge in [0.2, 0.25) is 10.0 Å². The fraction of sp³-hybridized carbons (Fsp3) is 0.235. The van der Waals surface area contributed by atoms with Crippen LogP contribution in [0.4, 0.5) is 0 Å². The molecule has 1 heterocycles. The number of carboxylic acids is 1. The topological polar surface area (TPSA) is 83.9 Å². The van der Waals surface area contributed by atoms with Gasteiger partial charge >= 0.3 is 5.97 Å². The predicted octanol–water partition coefficient (Wildman–Crippen LogP) is 2.80. The van der Waals surface area contributed by atoms with Crippen LogP contribution in [0, 0.1) is 0 Å². The lowest BCUT2D eigenvalue weighted by molar-refractivity contribution is -0.00255. The maximum atomic E-state index is 12.9. The molecule has 3 rings (SSSR count). The molecule has 1 unspecified atom stereocenters. The van der Waals surface area contributed by atoms with Crippen molar-refractivity contribution in [1.82, 2.24) is 4.31 Å². The highest BCUT2D eigenvalue weighted by Gasteiger charge is 2.32. The Bertz CT molecular complexity index is 899. The van der Waals surface area contributed by atoms with Crippen LogP contribution in [-0.2, 0) is 14.8 Å². The Hall–Kier alpha value is -1.93. The molecule has 0 saturated carbocycles. The van der Waals surface area contributed by atoms with Crippen molar-refractivity contribution in [3.63, 3.8) is 0 Å². The van der Waals surface area contributed by atoms with Crippen LogP contribution in [0.1, 0.15) is 22.0 Å². The van der Waals surface area contributed by atoms with E-state index in [-0.39, 0.29) is 30.2 Å². The maximum Gasteiger partial charge on any atom is 0.335 e. The average molecular weight is 382 g/mol. The molecule has 0 bridgehead atoms. The van der Waals surface area contributed by atoms with Gasteiger partial charge in [-0.15, -0.1) is 0 Å². The summed E-state index contributed by atoms with van der Waals surface area (Å²) < 4.78 is 32.7. The van der Waals surface area contributed by atoms with E-state index < -0.39 is 22.1 Å². The van der Waals surface area contributed by atoms with Gasteiger partial charge in [-0.2, -0.15) is 4.31 Å². The molecule has 0 spiro atoms. The van der Waals surface area contributed by atoms with Crippen LogP contribution in [0.15, 0.2) is 53.4 Å². The van der Waals surface area contributed by atoms with Gasteiger partial charge in [0.05, 0.1) is 23.2 Å². The first-order valence-corrected chi connectivity index (χ1v) is 9.40. The van der Waals surface area contributed by atoms with Crippen LogP contribution in [0.2, 0.25) is 5.02 Å². The van der Waals surface area contributed by atoms with Crippen LogP contribution in [0.25, 0.3) is 0 Å². The van der Waals surface area contributed by atoms with Gasteiger partial charge in [-0.1, -0.05) is 29.8 Å². The summed E-state index contributed by atoms with van der Waals surface area (Å²) >= 11 is 5.99. The fourth-order valence-corrected chi connectivity index (χ4v) is 4.36. The monoisotopic (exact) mass is 381 g/mol. The van der Waals surface area contributed by atoms with E-state index >= 15 is 0 Å². The zero-order chi connectivity index (χ0) is 18.0. The lowest BCUT2D eigenvalue weighted by Crippen LogP contribution is -2.42. The Kier molecular flexibility index (Phi) is 5.10. The molecule has 0 aliphatic carbocycles. The van der Waals surface area contributed by atoms with E-state index in [0.717, 1.165) is 5.56 Å². The Labute approximate surface area is 150 Å². The zero-order valence-electron chi connectivity index (χ0n) is 13.1. The molecule has 8 heteroatoms. The number of rotatable bonds is 4. The lowest BCUT2D eigenvalue weighted by atomic mass is 10.1.